The predicted molar refractivity (Wildman–Crippen MR) is 97.2 cm³/mol. The summed E-state index contributed by atoms with van der Waals surface area (Å²) in [6.45, 7) is 0. The van der Waals surface area contributed by atoms with Crippen LogP contribution in [0.1, 0.15) is 0 Å². The van der Waals surface area contributed by atoms with E-state index in [0.29, 0.717) is 28.2 Å². The van der Waals surface area contributed by atoms with Crippen LogP contribution in [0.15, 0.2) is 66.9 Å². The number of imidazole rings is 1. The maximum absolute atomic E-state index is 12.5. The highest BCUT2D eigenvalue weighted by molar-refractivity contribution is 5.67. The average molecular weight is 439 g/mol. The molecule has 4 rings (SSSR count). The van der Waals surface area contributed by atoms with Gasteiger partial charge in [0, 0.05) is 11.1 Å². The van der Waals surface area contributed by atoms with Crippen LogP contribution in [0, 0.1) is 0 Å². The molecule has 0 saturated heterocycles. The molecule has 0 aliphatic heterocycles. The van der Waals surface area contributed by atoms with Crippen LogP contribution in [0.25, 0.3) is 28.2 Å². The second kappa shape index (κ2) is 7.49. The van der Waals surface area contributed by atoms with E-state index in [1.165, 1.54) is 35.0 Å². The highest BCUT2D eigenvalue weighted by atomic mass is 19.4. The lowest BCUT2D eigenvalue weighted by molar-refractivity contribution is -0.275. The van der Waals surface area contributed by atoms with E-state index in [2.05, 4.69) is 19.6 Å². The third-order valence-corrected chi connectivity index (χ3v) is 4.09. The lowest BCUT2D eigenvalue weighted by Gasteiger charge is -2.11. The number of nitrogens with zero attached hydrogens (tertiary/aromatic N) is 3. The lowest BCUT2D eigenvalue weighted by Crippen LogP contribution is -2.17. The van der Waals surface area contributed by atoms with Gasteiger partial charge in [0.15, 0.2) is 5.65 Å². The van der Waals surface area contributed by atoms with E-state index < -0.39 is 24.2 Å². The Morgan fingerprint density at radius 2 is 1.29 bits per heavy atom. The summed E-state index contributed by atoms with van der Waals surface area (Å²) < 4.78 is 84.2. The van der Waals surface area contributed by atoms with Crippen LogP contribution in [0.5, 0.6) is 11.5 Å². The molecule has 31 heavy (non-hydrogen) atoms. The first-order valence-corrected chi connectivity index (χ1v) is 8.65. The third-order valence-electron chi connectivity index (χ3n) is 4.09. The molecule has 0 saturated carbocycles. The minimum absolute atomic E-state index is 0.307. The fourth-order valence-electron chi connectivity index (χ4n) is 2.93. The molecule has 2 heterocycles. The molecule has 0 atom stereocenters. The van der Waals surface area contributed by atoms with Crippen LogP contribution in [0.2, 0.25) is 0 Å². The fourth-order valence-corrected chi connectivity index (χ4v) is 2.93. The summed E-state index contributed by atoms with van der Waals surface area (Å²) in [6.07, 6.45) is -8.26. The molecule has 0 spiro atoms. The van der Waals surface area contributed by atoms with Crippen molar-refractivity contribution >= 4 is 5.65 Å². The molecule has 0 aliphatic rings. The second-order valence-corrected chi connectivity index (χ2v) is 6.28. The van der Waals surface area contributed by atoms with Crippen LogP contribution in [-0.2, 0) is 0 Å². The van der Waals surface area contributed by atoms with Gasteiger partial charge in [0.1, 0.15) is 11.5 Å². The molecule has 0 radical (unpaired) electrons. The molecule has 11 heteroatoms. The number of fused-ring (bicyclic) bond motifs is 1. The molecular formula is C20H11F6N3O2. The molecule has 2 aromatic carbocycles. The van der Waals surface area contributed by atoms with E-state index >= 15 is 0 Å². The Morgan fingerprint density at radius 1 is 0.710 bits per heavy atom. The minimum atomic E-state index is -4.84. The largest absolute Gasteiger partial charge is 0.573 e. The number of alkyl halides is 6. The molecule has 0 unspecified atom stereocenters. The number of ether oxygens (including phenoxy) is 2. The van der Waals surface area contributed by atoms with Crippen molar-refractivity contribution < 1.29 is 35.8 Å². The highest BCUT2D eigenvalue weighted by Crippen LogP contribution is 2.30. The van der Waals surface area contributed by atoms with Gasteiger partial charge in [-0.25, -0.2) is 9.50 Å². The molecule has 0 amide bonds. The zero-order valence-electron chi connectivity index (χ0n) is 15.3. The minimum Gasteiger partial charge on any atom is -0.406 e. The van der Waals surface area contributed by atoms with Crippen molar-refractivity contribution in [2.24, 2.45) is 0 Å². The smallest absolute Gasteiger partial charge is 0.406 e. The molecule has 2 aromatic heterocycles. The number of rotatable bonds is 4. The summed E-state index contributed by atoms with van der Waals surface area (Å²) in [7, 11) is 0. The zero-order valence-corrected chi connectivity index (χ0v) is 15.3. The Labute approximate surface area is 170 Å². The van der Waals surface area contributed by atoms with Crippen molar-refractivity contribution in [2.45, 2.75) is 12.7 Å². The number of halogens is 6. The van der Waals surface area contributed by atoms with Gasteiger partial charge >= 0.3 is 12.7 Å². The van der Waals surface area contributed by atoms with Crippen molar-refractivity contribution in [2.75, 3.05) is 0 Å². The first kappa shape index (κ1) is 20.5. The maximum Gasteiger partial charge on any atom is 0.573 e. The van der Waals surface area contributed by atoms with Gasteiger partial charge in [0.05, 0.1) is 17.6 Å². The van der Waals surface area contributed by atoms with Crippen LogP contribution in [0.3, 0.4) is 0 Å². The van der Waals surface area contributed by atoms with Gasteiger partial charge in [0.2, 0.25) is 0 Å². The lowest BCUT2D eigenvalue weighted by atomic mass is 10.1. The van der Waals surface area contributed by atoms with Crippen molar-refractivity contribution in [3.05, 3.63) is 66.9 Å². The van der Waals surface area contributed by atoms with Gasteiger partial charge in [-0.3, -0.25) is 0 Å². The molecule has 0 bridgehead atoms. The molecule has 5 nitrogen and oxygen atoms in total. The number of hydrogen-bond acceptors (Lipinski definition) is 4. The Balaban J connectivity index is 1.73. The van der Waals surface area contributed by atoms with Crippen LogP contribution >= 0.6 is 0 Å². The molecular weight excluding hydrogens is 428 g/mol. The standard InChI is InChI=1S/C20H11F6N3O2/c21-19(22,23)30-14-5-1-3-12(9-14)16-7-8-18-27-11-17(29(18)28-16)13-4-2-6-15(10-13)31-20(24,25)26/h1-11H. The van der Waals surface area contributed by atoms with Crippen LogP contribution in [-0.4, -0.2) is 27.3 Å². The van der Waals surface area contributed by atoms with E-state index in [1.54, 1.807) is 24.3 Å². The second-order valence-electron chi connectivity index (χ2n) is 6.28. The van der Waals surface area contributed by atoms with Crippen molar-refractivity contribution in [3.63, 3.8) is 0 Å². The van der Waals surface area contributed by atoms with Gasteiger partial charge < -0.3 is 9.47 Å². The summed E-state index contributed by atoms with van der Waals surface area (Å²) in [6, 6.07) is 13.7. The van der Waals surface area contributed by atoms with Gasteiger partial charge in [-0.2, -0.15) is 5.10 Å². The number of hydrogen-bond donors (Lipinski definition) is 0. The van der Waals surface area contributed by atoms with Gasteiger partial charge in [0.25, 0.3) is 0 Å². The van der Waals surface area contributed by atoms with Crippen molar-refractivity contribution in [1.29, 1.82) is 0 Å². The first-order valence-electron chi connectivity index (χ1n) is 8.65. The molecule has 0 N–H and O–H groups in total. The highest BCUT2D eigenvalue weighted by Gasteiger charge is 2.32. The summed E-state index contributed by atoms with van der Waals surface area (Å²) >= 11 is 0. The molecule has 160 valence electrons. The predicted octanol–water partition coefficient (Wildman–Crippen LogP) is 5.86. The topological polar surface area (TPSA) is 48.7 Å². The maximum atomic E-state index is 12.5. The SMILES string of the molecule is FC(F)(F)Oc1cccc(-c2ccc3ncc(-c4cccc(OC(F)(F)F)c4)n3n2)c1. The molecule has 0 fully saturated rings. The van der Waals surface area contributed by atoms with E-state index in [1.807, 2.05) is 0 Å². The fraction of sp³-hybridized carbons (Fsp3) is 0.100. The Bertz CT molecular complexity index is 1230. The van der Waals surface area contributed by atoms with E-state index in [0.717, 1.165) is 12.1 Å². The summed E-state index contributed by atoms with van der Waals surface area (Å²) in [4.78, 5) is 4.16. The summed E-state index contributed by atoms with van der Waals surface area (Å²) in [5.74, 6) is -0.817. The Hall–Kier alpha value is -3.76. The summed E-state index contributed by atoms with van der Waals surface area (Å²) in [5, 5.41) is 4.38. The van der Waals surface area contributed by atoms with Crippen LogP contribution < -0.4 is 9.47 Å². The van der Waals surface area contributed by atoms with Crippen molar-refractivity contribution in [1.82, 2.24) is 14.6 Å². The van der Waals surface area contributed by atoms with E-state index in [4.69, 9.17) is 0 Å². The first-order chi connectivity index (χ1) is 14.6. The molecule has 4 aromatic rings. The van der Waals surface area contributed by atoms with E-state index in [-0.39, 0.29) is 0 Å². The zero-order chi connectivity index (χ0) is 22.2. The third kappa shape index (κ3) is 4.87. The van der Waals surface area contributed by atoms with Gasteiger partial charge in [-0.05, 0) is 36.4 Å². The van der Waals surface area contributed by atoms with Gasteiger partial charge in [-0.1, -0.05) is 24.3 Å². The van der Waals surface area contributed by atoms with E-state index in [9.17, 15) is 26.3 Å². The Morgan fingerprint density at radius 3 is 1.90 bits per heavy atom. The normalized spacial score (nSPS) is 12.2. The van der Waals surface area contributed by atoms with Gasteiger partial charge in [-0.15, -0.1) is 26.3 Å². The van der Waals surface area contributed by atoms with Crippen LogP contribution in [0.4, 0.5) is 26.3 Å². The average Bonchev–Trinajstić information content (AvgIpc) is 3.09. The number of benzene rings is 2. The number of aromatic nitrogens is 3. The van der Waals surface area contributed by atoms with Crippen molar-refractivity contribution in [3.8, 4) is 34.0 Å². The quantitative estimate of drug-likeness (QED) is 0.374. The Kier molecular flexibility index (Phi) is 4.96. The monoisotopic (exact) mass is 439 g/mol. The molecule has 0 aliphatic carbocycles. The summed E-state index contributed by atoms with van der Waals surface area (Å²) in [5.41, 5.74) is 1.77.